The van der Waals surface area contributed by atoms with Crippen LogP contribution in [0.3, 0.4) is 0 Å². The lowest BCUT2D eigenvalue weighted by molar-refractivity contribution is -0.120. The number of ether oxygens (including phenoxy) is 1. The molecule has 1 saturated heterocycles. The smallest absolute Gasteiger partial charge is 0.241 e. The highest BCUT2D eigenvalue weighted by Crippen LogP contribution is 2.27. The summed E-state index contributed by atoms with van der Waals surface area (Å²) in [6, 6.07) is 19.0. The number of hydrogen-bond donors (Lipinski definition) is 0. The summed E-state index contributed by atoms with van der Waals surface area (Å²) < 4.78 is 5.49. The van der Waals surface area contributed by atoms with E-state index in [2.05, 4.69) is 59.2 Å². The molecule has 2 aromatic rings. The molecule has 5 nitrogen and oxygen atoms in total. The molecule has 1 fully saturated rings. The minimum Gasteiger partial charge on any atom is -0.379 e. The number of carbonyl (C=O) groups is 1. The molecule has 0 spiro atoms. The predicted molar refractivity (Wildman–Crippen MR) is 116 cm³/mol. The van der Waals surface area contributed by atoms with Crippen molar-refractivity contribution >= 4 is 11.6 Å². The van der Waals surface area contributed by atoms with Gasteiger partial charge in [0.2, 0.25) is 5.91 Å². The molecule has 0 aromatic heterocycles. The molecule has 1 atom stereocenters. The van der Waals surface area contributed by atoms with Crippen LogP contribution < -0.4 is 4.90 Å². The summed E-state index contributed by atoms with van der Waals surface area (Å²) >= 11 is 0. The molecular weight excluding hydrogens is 362 g/mol. The number of nitrogens with zero attached hydrogens (tertiary/aromatic N) is 3. The van der Waals surface area contributed by atoms with Gasteiger partial charge in [-0.25, -0.2) is 0 Å². The normalized spacial score (nSPS) is 18.1. The van der Waals surface area contributed by atoms with Gasteiger partial charge in [-0.1, -0.05) is 48.5 Å². The van der Waals surface area contributed by atoms with Crippen molar-refractivity contribution in [2.24, 2.45) is 0 Å². The Labute approximate surface area is 173 Å². The SMILES string of the molecule is CC(CN1CCOCC1)N(CC(=O)N1CCc2ccccc21)Cc1ccccc1. The summed E-state index contributed by atoms with van der Waals surface area (Å²) in [7, 11) is 0. The van der Waals surface area contributed by atoms with E-state index in [4.69, 9.17) is 4.74 Å². The van der Waals surface area contributed by atoms with Crippen LogP contribution >= 0.6 is 0 Å². The predicted octanol–water partition coefficient (Wildman–Crippen LogP) is 2.80. The minimum atomic E-state index is 0.194. The second-order valence-corrected chi connectivity index (χ2v) is 8.08. The lowest BCUT2D eigenvalue weighted by Crippen LogP contribution is -2.49. The Morgan fingerprint density at radius 2 is 1.76 bits per heavy atom. The van der Waals surface area contributed by atoms with Gasteiger partial charge in [0, 0.05) is 44.5 Å². The van der Waals surface area contributed by atoms with Crippen LogP contribution in [0, 0.1) is 0 Å². The molecule has 0 saturated carbocycles. The van der Waals surface area contributed by atoms with E-state index in [-0.39, 0.29) is 11.9 Å². The van der Waals surface area contributed by atoms with E-state index in [1.54, 1.807) is 0 Å². The number of rotatable bonds is 7. The first kappa shape index (κ1) is 20.1. The summed E-state index contributed by atoms with van der Waals surface area (Å²) in [5.74, 6) is 0.194. The molecule has 29 heavy (non-hydrogen) atoms. The van der Waals surface area contributed by atoms with Crippen LogP contribution in [0.15, 0.2) is 54.6 Å². The molecule has 2 aliphatic heterocycles. The zero-order valence-corrected chi connectivity index (χ0v) is 17.3. The maximum absolute atomic E-state index is 13.3. The van der Waals surface area contributed by atoms with Gasteiger partial charge in [0.1, 0.15) is 0 Å². The number of fused-ring (bicyclic) bond motifs is 1. The fourth-order valence-electron chi connectivity index (χ4n) is 4.31. The number of benzene rings is 2. The van der Waals surface area contributed by atoms with Crippen LogP contribution in [0.5, 0.6) is 0 Å². The van der Waals surface area contributed by atoms with Crippen molar-refractivity contribution in [1.29, 1.82) is 0 Å². The average molecular weight is 394 g/mol. The van der Waals surface area contributed by atoms with E-state index in [1.807, 2.05) is 17.0 Å². The van der Waals surface area contributed by atoms with Crippen molar-refractivity contribution in [2.75, 3.05) is 50.8 Å². The van der Waals surface area contributed by atoms with Gasteiger partial charge in [-0.05, 0) is 30.5 Å². The number of anilines is 1. The van der Waals surface area contributed by atoms with Gasteiger partial charge in [0.15, 0.2) is 0 Å². The third-order valence-corrected chi connectivity index (χ3v) is 6.00. The molecule has 2 heterocycles. The average Bonchev–Trinajstić information content (AvgIpc) is 3.19. The van der Waals surface area contributed by atoms with E-state index < -0.39 is 0 Å². The maximum atomic E-state index is 13.3. The highest BCUT2D eigenvalue weighted by molar-refractivity contribution is 5.96. The van der Waals surface area contributed by atoms with Crippen molar-refractivity contribution in [2.45, 2.75) is 25.9 Å². The quantitative estimate of drug-likeness (QED) is 0.725. The summed E-state index contributed by atoms with van der Waals surface area (Å²) in [6.07, 6.45) is 0.948. The van der Waals surface area contributed by atoms with Crippen molar-refractivity contribution in [3.05, 3.63) is 65.7 Å². The van der Waals surface area contributed by atoms with Crippen LogP contribution in [-0.4, -0.2) is 67.7 Å². The molecule has 4 rings (SSSR count). The molecule has 2 aromatic carbocycles. The van der Waals surface area contributed by atoms with Crippen LogP contribution in [0.2, 0.25) is 0 Å². The molecule has 1 unspecified atom stereocenters. The fourth-order valence-corrected chi connectivity index (χ4v) is 4.31. The van der Waals surface area contributed by atoms with Gasteiger partial charge in [0.25, 0.3) is 0 Å². The Hall–Kier alpha value is -2.21. The fraction of sp³-hybridized carbons (Fsp3) is 0.458. The summed E-state index contributed by atoms with van der Waals surface area (Å²) in [4.78, 5) is 20.0. The first-order valence-corrected chi connectivity index (χ1v) is 10.7. The van der Waals surface area contributed by atoms with Gasteiger partial charge in [0.05, 0.1) is 19.8 Å². The van der Waals surface area contributed by atoms with Gasteiger partial charge in [-0.2, -0.15) is 0 Å². The summed E-state index contributed by atoms with van der Waals surface area (Å²) in [5, 5.41) is 0. The van der Waals surface area contributed by atoms with Crippen LogP contribution in [0.1, 0.15) is 18.1 Å². The van der Waals surface area contributed by atoms with Crippen molar-refractivity contribution in [3.63, 3.8) is 0 Å². The first-order chi connectivity index (χ1) is 14.2. The molecule has 1 amide bonds. The molecular formula is C24H31N3O2. The number of carbonyl (C=O) groups excluding carboxylic acids is 1. The van der Waals surface area contributed by atoms with Gasteiger partial charge in [-0.15, -0.1) is 0 Å². The largest absolute Gasteiger partial charge is 0.379 e. The Morgan fingerprint density at radius 3 is 2.55 bits per heavy atom. The van der Waals surface area contributed by atoms with Crippen LogP contribution in [0.4, 0.5) is 5.69 Å². The third kappa shape index (κ3) is 5.04. The van der Waals surface area contributed by atoms with E-state index in [9.17, 15) is 4.79 Å². The Balaban J connectivity index is 1.46. The molecule has 0 radical (unpaired) electrons. The lowest BCUT2D eigenvalue weighted by Gasteiger charge is -2.35. The van der Waals surface area contributed by atoms with E-state index in [1.165, 1.54) is 11.1 Å². The molecule has 0 bridgehead atoms. The van der Waals surface area contributed by atoms with Crippen LogP contribution in [0.25, 0.3) is 0 Å². The second-order valence-electron chi connectivity index (χ2n) is 8.08. The third-order valence-electron chi connectivity index (χ3n) is 6.00. The summed E-state index contributed by atoms with van der Waals surface area (Å²) in [5.41, 5.74) is 3.60. The van der Waals surface area contributed by atoms with Gasteiger partial charge in [-0.3, -0.25) is 14.6 Å². The zero-order chi connectivity index (χ0) is 20.1. The Morgan fingerprint density at radius 1 is 1.03 bits per heavy atom. The highest BCUT2D eigenvalue weighted by Gasteiger charge is 2.28. The first-order valence-electron chi connectivity index (χ1n) is 10.7. The van der Waals surface area contributed by atoms with E-state index >= 15 is 0 Å². The molecule has 154 valence electrons. The van der Waals surface area contributed by atoms with E-state index in [0.29, 0.717) is 6.54 Å². The molecule has 0 N–H and O–H groups in total. The lowest BCUT2D eigenvalue weighted by atomic mass is 10.1. The van der Waals surface area contributed by atoms with Crippen LogP contribution in [-0.2, 0) is 22.5 Å². The molecule has 0 aliphatic carbocycles. The van der Waals surface area contributed by atoms with Gasteiger partial charge < -0.3 is 9.64 Å². The van der Waals surface area contributed by atoms with Crippen molar-refractivity contribution in [3.8, 4) is 0 Å². The van der Waals surface area contributed by atoms with Crippen molar-refractivity contribution < 1.29 is 9.53 Å². The number of hydrogen-bond acceptors (Lipinski definition) is 4. The maximum Gasteiger partial charge on any atom is 0.241 e. The second kappa shape index (κ2) is 9.53. The van der Waals surface area contributed by atoms with E-state index in [0.717, 1.165) is 58.0 Å². The number of para-hydroxylation sites is 1. The summed E-state index contributed by atoms with van der Waals surface area (Å²) in [6.45, 7) is 8.75. The standard InChI is InChI=1S/C24H31N3O2/c1-20(17-25-13-15-29-16-14-25)26(18-21-7-3-2-4-8-21)19-24(28)27-12-11-22-9-5-6-10-23(22)27/h2-10,20H,11-19H2,1H3. The minimum absolute atomic E-state index is 0.194. The number of amides is 1. The molecule has 2 aliphatic rings. The molecule has 5 heteroatoms. The van der Waals surface area contributed by atoms with Gasteiger partial charge >= 0.3 is 0 Å². The topological polar surface area (TPSA) is 36.0 Å². The van der Waals surface area contributed by atoms with Crippen molar-refractivity contribution in [1.82, 2.24) is 9.80 Å². The Kier molecular flexibility index (Phi) is 6.60. The monoisotopic (exact) mass is 393 g/mol. The zero-order valence-electron chi connectivity index (χ0n) is 17.3. The highest BCUT2D eigenvalue weighted by atomic mass is 16.5. The number of morpholine rings is 1. The Bertz CT molecular complexity index is 805.